The summed E-state index contributed by atoms with van der Waals surface area (Å²) in [6.07, 6.45) is 17.6. The van der Waals surface area contributed by atoms with E-state index in [1.165, 1.54) is 160 Å². The smallest absolute Gasteiger partial charge is 0.164 e. The normalized spacial score (nSPS) is 12.6. The Balaban J connectivity index is 0.742. The van der Waals surface area contributed by atoms with Crippen molar-refractivity contribution in [1.29, 1.82) is 0 Å². The molecule has 518 valence electrons. The first-order valence-corrected chi connectivity index (χ1v) is 38.7. The van der Waals surface area contributed by atoms with Gasteiger partial charge in [-0.3, -0.25) is 0 Å². The topological polar surface area (TPSA) is 61.7 Å². The first-order chi connectivity index (χ1) is 52.2. The van der Waals surface area contributed by atoms with E-state index in [2.05, 4.69) is 286 Å². The molecule has 0 atom stereocenters. The number of aromatic nitrogens is 5. The average molecular weight is 1370 g/mol. The summed E-state index contributed by atoms with van der Waals surface area (Å²) < 4.78 is 12.0. The van der Waals surface area contributed by atoms with Gasteiger partial charge < -0.3 is 13.6 Å². The third-order valence-corrected chi connectivity index (χ3v) is 22.9. The van der Waals surface area contributed by atoms with Crippen LogP contribution in [-0.2, 0) is 5.41 Å². The number of para-hydroxylation sites is 2. The molecule has 0 bridgehead atoms. The highest BCUT2D eigenvalue weighted by atomic mass is 16.3. The summed E-state index contributed by atoms with van der Waals surface area (Å²) in [5, 5.41) is 6.92. The van der Waals surface area contributed by atoms with Crippen LogP contribution in [0.1, 0.15) is 126 Å². The lowest BCUT2D eigenvalue weighted by Crippen LogP contribution is -2.25. The molecular formula is C100H87N5O. The number of unbranched alkanes of at least 4 members (excludes halogenated alkanes) is 10. The fraction of sp³-hybridized carbons (Fsp3) is 0.190. The first-order valence-electron chi connectivity index (χ1n) is 38.7. The predicted molar refractivity (Wildman–Crippen MR) is 446 cm³/mol. The van der Waals surface area contributed by atoms with E-state index in [0.717, 1.165) is 101 Å². The highest BCUT2D eigenvalue weighted by Gasteiger charge is 2.43. The van der Waals surface area contributed by atoms with Gasteiger partial charge in [0.1, 0.15) is 5.58 Å². The molecule has 6 nitrogen and oxygen atoms in total. The van der Waals surface area contributed by atoms with Crippen molar-refractivity contribution in [3.63, 3.8) is 0 Å². The molecule has 1 aliphatic rings. The highest BCUT2D eigenvalue weighted by Crippen LogP contribution is 2.56. The third kappa shape index (κ3) is 12.2. The minimum atomic E-state index is -0.120. The summed E-state index contributed by atoms with van der Waals surface area (Å²) in [6.45, 7) is 9.09. The summed E-state index contributed by atoms with van der Waals surface area (Å²) >= 11 is 0. The van der Waals surface area contributed by atoms with E-state index in [1.807, 2.05) is 36.4 Å². The number of aryl methyl sites for hydroxylation is 2. The van der Waals surface area contributed by atoms with Gasteiger partial charge in [0.15, 0.2) is 23.1 Å². The van der Waals surface area contributed by atoms with Crippen LogP contribution in [0, 0.1) is 13.8 Å². The quantitative estimate of drug-likeness (QED) is 0.0599. The van der Waals surface area contributed by atoms with E-state index < -0.39 is 0 Å². The van der Waals surface area contributed by atoms with E-state index in [9.17, 15) is 0 Å². The Kier molecular flexibility index (Phi) is 17.7. The van der Waals surface area contributed by atoms with Crippen LogP contribution in [0.4, 0.5) is 0 Å². The van der Waals surface area contributed by atoms with Crippen molar-refractivity contribution in [1.82, 2.24) is 24.1 Å². The number of benzene rings is 13. The first kappa shape index (κ1) is 66.2. The summed E-state index contributed by atoms with van der Waals surface area (Å²) in [7, 11) is 0. The third-order valence-electron chi connectivity index (χ3n) is 22.9. The fourth-order valence-corrected chi connectivity index (χ4v) is 17.5. The SMILES string of the molecule is CCCCCCCCC1(CCCCCCCC)c2cc(-c3ccc(-c4ccc(C)cc4)cc3)ccc2-c2ccc(-c3cc(C)cc(-n4c5ccc(-c6ccc7c(c6)c6ccccc6n7-c6cccc(-c7nc(-c8ccccc8)nc(-c8ccccc8)n7)c6)cc5c5ccc6c7ccccc7oc6c54)c3)cc21. The standard InChI is InChI=1S/C100H87N5O/c1-5-7-9-11-13-25-56-100(57-26-14-12-10-8-6-2)89-64-75(70-44-42-69(43-45-70)68-40-38-66(3)39-41-68)46-50-81(89)82-51-47-76(65-90(82)100)78-58-67(4)59-80(61-78)105-93-55-49-74(63-88(93)85-52-53-86-84-35-22-24-37-94(84)106-96(86)95(85)105)73-48-54-92-87(62-73)83-34-21-23-36-91(83)104(92)79-33-27-32-77(60-79)99-102-97(71-28-17-15-18-29-71)101-98(103-99)72-30-19-16-20-31-72/h15-24,27-55,58-65H,5-14,25-26,56-57H2,1-4H3. The molecule has 13 aromatic carbocycles. The Morgan fingerprint density at radius 1 is 0.292 bits per heavy atom. The molecule has 0 aliphatic heterocycles. The van der Waals surface area contributed by atoms with Crippen molar-refractivity contribution < 1.29 is 4.42 Å². The second-order valence-electron chi connectivity index (χ2n) is 29.8. The number of fused-ring (bicyclic) bond motifs is 13. The van der Waals surface area contributed by atoms with Crippen LogP contribution in [0.2, 0.25) is 0 Å². The van der Waals surface area contributed by atoms with Crippen molar-refractivity contribution in [2.45, 2.75) is 123 Å². The van der Waals surface area contributed by atoms with Crippen LogP contribution in [0.3, 0.4) is 0 Å². The summed E-state index contributed by atoms with van der Waals surface area (Å²) in [4.78, 5) is 15.2. The second-order valence-corrected chi connectivity index (χ2v) is 29.8. The monoisotopic (exact) mass is 1370 g/mol. The van der Waals surface area contributed by atoms with Crippen LogP contribution >= 0.6 is 0 Å². The van der Waals surface area contributed by atoms with E-state index in [4.69, 9.17) is 19.4 Å². The number of furan rings is 1. The summed E-state index contributed by atoms with van der Waals surface area (Å²) in [6, 6.07) is 105. The van der Waals surface area contributed by atoms with E-state index >= 15 is 0 Å². The lowest BCUT2D eigenvalue weighted by Gasteiger charge is -2.33. The summed E-state index contributed by atoms with van der Waals surface area (Å²) in [5.41, 5.74) is 29.2. The Morgan fingerprint density at radius 3 is 1.39 bits per heavy atom. The largest absolute Gasteiger partial charge is 0.454 e. The van der Waals surface area contributed by atoms with E-state index in [-0.39, 0.29) is 5.41 Å². The molecular weight excluding hydrogens is 1290 g/mol. The van der Waals surface area contributed by atoms with Crippen molar-refractivity contribution in [2.24, 2.45) is 0 Å². The minimum absolute atomic E-state index is 0.120. The predicted octanol–water partition coefficient (Wildman–Crippen LogP) is 28.0. The zero-order chi connectivity index (χ0) is 71.2. The molecule has 0 amide bonds. The molecule has 0 saturated heterocycles. The second kappa shape index (κ2) is 28.4. The number of hydrogen-bond donors (Lipinski definition) is 0. The summed E-state index contributed by atoms with van der Waals surface area (Å²) in [5.74, 6) is 1.89. The lowest BCUT2D eigenvalue weighted by atomic mass is 9.70. The van der Waals surface area contributed by atoms with Crippen LogP contribution in [-0.4, -0.2) is 24.1 Å². The van der Waals surface area contributed by atoms with Gasteiger partial charge in [-0.15, -0.1) is 0 Å². The Morgan fingerprint density at radius 2 is 0.755 bits per heavy atom. The fourth-order valence-electron chi connectivity index (χ4n) is 17.5. The van der Waals surface area contributed by atoms with Crippen LogP contribution < -0.4 is 0 Å². The molecule has 4 aromatic heterocycles. The molecule has 0 N–H and O–H groups in total. The number of nitrogens with zero attached hydrogens (tertiary/aromatic N) is 5. The zero-order valence-corrected chi connectivity index (χ0v) is 61.2. The highest BCUT2D eigenvalue weighted by molar-refractivity contribution is 6.22. The van der Waals surface area contributed by atoms with Gasteiger partial charge in [-0.1, -0.05) is 303 Å². The van der Waals surface area contributed by atoms with Gasteiger partial charge in [-0.2, -0.15) is 0 Å². The average Bonchev–Trinajstić information content (AvgIpc) is 1.56. The van der Waals surface area contributed by atoms with Gasteiger partial charge in [0, 0.05) is 65.8 Å². The van der Waals surface area contributed by atoms with Gasteiger partial charge in [0.2, 0.25) is 0 Å². The number of hydrogen-bond acceptors (Lipinski definition) is 4. The maximum Gasteiger partial charge on any atom is 0.164 e. The molecule has 17 aromatic rings. The molecule has 0 saturated carbocycles. The van der Waals surface area contributed by atoms with Crippen molar-refractivity contribution in [2.75, 3.05) is 0 Å². The molecule has 0 unspecified atom stereocenters. The van der Waals surface area contributed by atoms with Crippen molar-refractivity contribution in [3.05, 3.63) is 307 Å². The molecule has 4 heterocycles. The molecule has 1 aliphatic carbocycles. The molecule has 106 heavy (non-hydrogen) atoms. The molecule has 0 fully saturated rings. The Hall–Kier alpha value is -11.7. The molecule has 18 rings (SSSR count). The van der Waals surface area contributed by atoms with Crippen molar-refractivity contribution in [3.8, 4) is 101 Å². The van der Waals surface area contributed by atoms with Gasteiger partial charge in [-0.25, -0.2) is 15.0 Å². The Labute approximate surface area is 621 Å². The lowest BCUT2D eigenvalue weighted by molar-refractivity contribution is 0.398. The Bertz CT molecular complexity index is 6060. The van der Waals surface area contributed by atoms with Gasteiger partial charge in [0.25, 0.3) is 0 Å². The van der Waals surface area contributed by atoms with Gasteiger partial charge >= 0.3 is 0 Å². The minimum Gasteiger partial charge on any atom is -0.454 e. The van der Waals surface area contributed by atoms with Gasteiger partial charge in [0.05, 0.1) is 22.1 Å². The molecule has 0 radical (unpaired) electrons. The molecule has 0 spiro atoms. The van der Waals surface area contributed by atoms with E-state index in [0.29, 0.717) is 17.5 Å². The maximum atomic E-state index is 7.08. The number of rotatable bonds is 23. The van der Waals surface area contributed by atoms with E-state index in [1.54, 1.807) is 0 Å². The van der Waals surface area contributed by atoms with Crippen molar-refractivity contribution >= 4 is 65.6 Å². The maximum absolute atomic E-state index is 7.08. The van der Waals surface area contributed by atoms with Crippen LogP contribution in [0.15, 0.2) is 290 Å². The van der Waals surface area contributed by atoms with Crippen LogP contribution in [0.25, 0.3) is 167 Å². The zero-order valence-electron chi connectivity index (χ0n) is 61.2. The van der Waals surface area contributed by atoms with Crippen LogP contribution in [0.5, 0.6) is 0 Å². The molecule has 6 heteroatoms. The van der Waals surface area contributed by atoms with Gasteiger partial charge in [-0.05, 0) is 178 Å².